The van der Waals surface area contributed by atoms with Gasteiger partial charge in [0.1, 0.15) is 11.9 Å². The highest BCUT2D eigenvalue weighted by atomic mass is 35.5. The first-order chi connectivity index (χ1) is 10.1. The molecule has 1 spiro atoms. The first-order valence-electron chi connectivity index (χ1n) is 7.86. The Hall–Kier alpha value is -0.770. The van der Waals surface area contributed by atoms with Crippen molar-refractivity contribution in [2.45, 2.75) is 63.3 Å². The van der Waals surface area contributed by atoms with E-state index in [9.17, 15) is 5.11 Å². The van der Waals surface area contributed by atoms with Gasteiger partial charge in [-0.2, -0.15) is 0 Å². The summed E-state index contributed by atoms with van der Waals surface area (Å²) in [5.41, 5.74) is 0.862. The molecule has 0 aromatic heterocycles. The average molecular weight is 311 g/mol. The van der Waals surface area contributed by atoms with Gasteiger partial charge < -0.3 is 14.6 Å². The molecule has 1 N–H and O–H groups in total. The average Bonchev–Trinajstić information content (AvgIpc) is 2.89. The summed E-state index contributed by atoms with van der Waals surface area (Å²) in [7, 11) is 0. The molecular weight excluding hydrogens is 288 g/mol. The van der Waals surface area contributed by atoms with Crippen LogP contribution in [0.5, 0.6) is 5.75 Å². The van der Waals surface area contributed by atoms with Gasteiger partial charge in [-0.25, -0.2) is 0 Å². The van der Waals surface area contributed by atoms with Gasteiger partial charge >= 0.3 is 0 Å². The molecule has 0 bridgehead atoms. The molecule has 1 unspecified atom stereocenters. The monoisotopic (exact) mass is 310 g/mol. The van der Waals surface area contributed by atoms with Crippen LogP contribution in [0.4, 0.5) is 0 Å². The molecule has 116 valence electrons. The SMILES string of the molecule is C[C@@H](O)c1ccc(OC2CCOC3(CCCC3)C2)c(Cl)c1. The third-order valence-electron chi connectivity index (χ3n) is 4.69. The lowest BCUT2D eigenvalue weighted by Gasteiger charge is -2.38. The predicted octanol–water partition coefficient (Wildman–Crippen LogP) is 4.26. The Labute approximate surface area is 131 Å². The molecule has 1 aromatic carbocycles. The number of benzene rings is 1. The maximum atomic E-state index is 9.58. The molecule has 1 aliphatic carbocycles. The van der Waals surface area contributed by atoms with Crippen LogP contribution < -0.4 is 4.74 Å². The van der Waals surface area contributed by atoms with Crippen molar-refractivity contribution in [2.75, 3.05) is 6.61 Å². The van der Waals surface area contributed by atoms with Crippen molar-refractivity contribution in [1.82, 2.24) is 0 Å². The number of hydrogen-bond donors (Lipinski definition) is 1. The van der Waals surface area contributed by atoms with Crippen LogP contribution in [0.25, 0.3) is 0 Å². The van der Waals surface area contributed by atoms with Crippen molar-refractivity contribution in [2.24, 2.45) is 0 Å². The molecule has 1 saturated heterocycles. The van der Waals surface area contributed by atoms with Crippen LogP contribution in [-0.4, -0.2) is 23.4 Å². The molecule has 2 aliphatic rings. The first-order valence-corrected chi connectivity index (χ1v) is 8.24. The second-order valence-electron chi connectivity index (χ2n) is 6.34. The summed E-state index contributed by atoms with van der Waals surface area (Å²) < 4.78 is 12.1. The highest BCUT2D eigenvalue weighted by Gasteiger charge is 2.40. The summed E-state index contributed by atoms with van der Waals surface area (Å²) in [6.45, 7) is 2.50. The lowest BCUT2D eigenvalue weighted by molar-refractivity contribution is -0.108. The van der Waals surface area contributed by atoms with Crippen molar-refractivity contribution < 1.29 is 14.6 Å². The van der Waals surface area contributed by atoms with Crippen molar-refractivity contribution in [3.05, 3.63) is 28.8 Å². The zero-order valence-electron chi connectivity index (χ0n) is 12.5. The van der Waals surface area contributed by atoms with Crippen LogP contribution in [0.3, 0.4) is 0 Å². The van der Waals surface area contributed by atoms with E-state index in [1.165, 1.54) is 12.8 Å². The molecule has 0 amide bonds. The Bertz CT molecular complexity index is 495. The van der Waals surface area contributed by atoms with Gasteiger partial charge in [0.2, 0.25) is 0 Å². The van der Waals surface area contributed by atoms with E-state index in [2.05, 4.69) is 0 Å². The topological polar surface area (TPSA) is 38.7 Å². The van der Waals surface area contributed by atoms with Gasteiger partial charge in [0.25, 0.3) is 0 Å². The zero-order chi connectivity index (χ0) is 14.9. The Morgan fingerprint density at radius 3 is 2.81 bits per heavy atom. The van der Waals surface area contributed by atoms with Gasteiger partial charge in [0, 0.05) is 12.8 Å². The summed E-state index contributed by atoms with van der Waals surface area (Å²) in [6, 6.07) is 5.52. The minimum atomic E-state index is -0.513. The summed E-state index contributed by atoms with van der Waals surface area (Å²) in [5.74, 6) is 0.709. The molecule has 1 aromatic rings. The lowest BCUT2D eigenvalue weighted by Crippen LogP contribution is -2.41. The second kappa shape index (κ2) is 6.15. The molecular formula is C17H23ClO3. The zero-order valence-corrected chi connectivity index (χ0v) is 13.2. The molecule has 21 heavy (non-hydrogen) atoms. The van der Waals surface area contributed by atoms with E-state index in [0.717, 1.165) is 37.9 Å². The molecule has 2 fully saturated rings. The Kier molecular flexibility index (Phi) is 4.43. The van der Waals surface area contributed by atoms with E-state index >= 15 is 0 Å². The summed E-state index contributed by atoms with van der Waals surface area (Å²) in [6.07, 6.45) is 6.36. The number of aliphatic hydroxyl groups excluding tert-OH is 1. The van der Waals surface area contributed by atoms with Crippen molar-refractivity contribution in [3.63, 3.8) is 0 Å². The molecule has 3 nitrogen and oxygen atoms in total. The minimum Gasteiger partial charge on any atom is -0.489 e. The second-order valence-corrected chi connectivity index (χ2v) is 6.74. The minimum absolute atomic E-state index is 0.0505. The van der Waals surface area contributed by atoms with Crippen LogP contribution in [0.15, 0.2) is 18.2 Å². The maximum absolute atomic E-state index is 9.58. The van der Waals surface area contributed by atoms with Crippen LogP contribution >= 0.6 is 11.6 Å². The Balaban J connectivity index is 1.68. The van der Waals surface area contributed by atoms with E-state index in [0.29, 0.717) is 10.8 Å². The van der Waals surface area contributed by atoms with E-state index < -0.39 is 6.10 Å². The van der Waals surface area contributed by atoms with Gasteiger partial charge in [0.15, 0.2) is 0 Å². The van der Waals surface area contributed by atoms with Gasteiger partial charge in [-0.1, -0.05) is 30.5 Å². The molecule has 1 heterocycles. The van der Waals surface area contributed by atoms with Gasteiger partial charge in [-0.05, 0) is 37.5 Å². The molecule has 0 radical (unpaired) electrons. The number of hydrogen-bond acceptors (Lipinski definition) is 3. The van der Waals surface area contributed by atoms with Crippen LogP contribution in [0.1, 0.15) is 57.1 Å². The first kappa shape index (κ1) is 15.1. The molecule has 2 atom stereocenters. The van der Waals surface area contributed by atoms with Crippen LogP contribution in [0, 0.1) is 0 Å². The fraction of sp³-hybridized carbons (Fsp3) is 0.647. The summed E-state index contributed by atoms with van der Waals surface area (Å²) in [4.78, 5) is 0. The van der Waals surface area contributed by atoms with Crippen molar-refractivity contribution in [1.29, 1.82) is 0 Å². The fourth-order valence-corrected chi connectivity index (χ4v) is 3.74. The quantitative estimate of drug-likeness (QED) is 0.906. The van der Waals surface area contributed by atoms with Crippen LogP contribution in [-0.2, 0) is 4.74 Å². The largest absolute Gasteiger partial charge is 0.489 e. The maximum Gasteiger partial charge on any atom is 0.138 e. The number of aliphatic hydroxyl groups is 1. The third kappa shape index (κ3) is 3.36. The number of rotatable bonds is 3. The third-order valence-corrected chi connectivity index (χ3v) is 4.99. The van der Waals surface area contributed by atoms with E-state index in [-0.39, 0.29) is 11.7 Å². The van der Waals surface area contributed by atoms with Crippen LogP contribution in [0.2, 0.25) is 5.02 Å². The smallest absolute Gasteiger partial charge is 0.138 e. The molecule has 3 rings (SSSR count). The highest BCUT2D eigenvalue weighted by Crippen LogP contribution is 2.41. The van der Waals surface area contributed by atoms with Crippen molar-refractivity contribution >= 4 is 11.6 Å². The summed E-state index contributed by atoms with van der Waals surface area (Å²) in [5, 5.41) is 10.2. The normalized spacial score (nSPS) is 26.0. The fourth-order valence-electron chi connectivity index (χ4n) is 3.50. The molecule has 1 saturated carbocycles. The van der Waals surface area contributed by atoms with Gasteiger partial charge in [-0.15, -0.1) is 0 Å². The van der Waals surface area contributed by atoms with E-state index in [1.54, 1.807) is 13.0 Å². The number of halogens is 1. The Morgan fingerprint density at radius 2 is 2.14 bits per heavy atom. The predicted molar refractivity (Wildman–Crippen MR) is 82.9 cm³/mol. The van der Waals surface area contributed by atoms with Gasteiger partial charge in [0.05, 0.1) is 23.3 Å². The highest BCUT2D eigenvalue weighted by molar-refractivity contribution is 6.32. The van der Waals surface area contributed by atoms with Gasteiger partial charge in [-0.3, -0.25) is 0 Å². The lowest BCUT2D eigenvalue weighted by atomic mass is 9.90. The van der Waals surface area contributed by atoms with Crippen molar-refractivity contribution in [3.8, 4) is 5.75 Å². The number of ether oxygens (including phenoxy) is 2. The van der Waals surface area contributed by atoms with E-state index in [4.69, 9.17) is 21.1 Å². The molecule has 1 aliphatic heterocycles. The van der Waals surface area contributed by atoms with E-state index in [1.807, 2.05) is 12.1 Å². The Morgan fingerprint density at radius 1 is 1.38 bits per heavy atom. The molecule has 4 heteroatoms. The summed E-state index contributed by atoms with van der Waals surface area (Å²) >= 11 is 6.28. The standard InChI is InChI=1S/C17H23ClO3/c1-12(19)13-4-5-16(15(18)10-13)21-14-6-9-20-17(11-14)7-2-3-8-17/h4-5,10,12,14,19H,2-3,6-9,11H2,1H3/t12-,14?/m1/s1.